The highest BCUT2D eigenvalue weighted by Crippen LogP contribution is 2.33. The van der Waals surface area contributed by atoms with E-state index in [1.54, 1.807) is 18.2 Å². The van der Waals surface area contributed by atoms with E-state index in [-0.39, 0.29) is 18.9 Å². The lowest BCUT2D eigenvalue weighted by atomic mass is 9.99. The molecular weight excluding hydrogens is 356 g/mol. The minimum Gasteiger partial charge on any atom is -0.497 e. The lowest BCUT2D eigenvalue weighted by Crippen LogP contribution is -2.40. The lowest BCUT2D eigenvalue weighted by Gasteiger charge is -2.31. The van der Waals surface area contributed by atoms with Crippen molar-refractivity contribution in [3.63, 3.8) is 0 Å². The molecule has 1 aromatic carbocycles. The largest absolute Gasteiger partial charge is 0.497 e. The van der Waals surface area contributed by atoms with Gasteiger partial charge in [-0.05, 0) is 30.9 Å². The van der Waals surface area contributed by atoms with Crippen molar-refractivity contribution in [2.45, 2.75) is 26.2 Å². The summed E-state index contributed by atoms with van der Waals surface area (Å²) in [7, 11) is -0.564. The number of benzene rings is 1. The third kappa shape index (κ3) is 5.03. The van der Waals surface area contributed by atoms with Crippen LogP contribution in [0.25, 0.3) is 0 Å². The van der Waals surface area contributed by atoms with E-state index in [1.807, 2.05) is 4.90 Å². The highest BCUT2D eigenvalue weighted by Gasteiger charge is 2.25. The molecule has 0 radical (unpaired) electrons. The zero-order chi connectivity index (χ0) is 19.3. The van der Waals surface area contributed by atoms with Gasteiger partial charge in [0.15, 0.2) is 0 Å². The Bertz CT molecular complexity index is 727. The van der Waals surface area contributed by atoms with Crippen LogP contribution in [0.1, 0.15) is 26.2 Å². The minimum atomic E-state index is -3.56. The maximum Gasteiger partial charge on any atom is 0.232 e. The van der Waals surface area contributed by atoms with E-state index in [4.69, 9.17) is 9.47 Å². The van der Waals surface area contributed by atoms with Crippen molar-refractivity contribution < 1.29 is 22.7 Å². The SMILES string of the molecule is COc1ccc(N(CCC(=O)N2CCC(C)CC2)S(C)(=O)=O)c(OC)c1. The molecule has 1 aliphatic rings. The molecule has 1 aliphatic heterocycles. The summed E-state index contributed by atoms with van der Waals surface area (Å²) < 4.78 is 36.3. The van der Waals surface area contributed by atoms with E-state index in [0.717, 1.165) is 32.2 Å². The van der Waals surface area contributed by atoms with Gasteiger partial charge in [-0.3, -0.25) is 9.10 Å². The molecule has 1 heterocycles. The molecule has 0 unspecified atom stereocenters. The normalized spacial score (nSPS) is 15.6. The van der Waals surface area contributed by atoms with Gasteiger partial charge in [-0.25, -0.2) is 8.42 Å². The molecule has 0 saturated carbocycles. The molecule has 0 aromatic heterocycles. The van der Waals surface area contributed by atoms with E-state index >= 15 is 0 Å². The summed E-state index contributed by atoms with van der Waals surface area (Å²) in [6.45, 7) is 3.74. The molecule has 26 heavy (non-hydrogen) atoms. The number of anilines is 1. The topological polar surface area (TPSA) is 76.2 Å². The number of amides is 1. The predicted molar refractivity (Wildman–Crippen MR) is 101 cm³/mol. The third-order valence-corrected chi connectivity index (χ3v) is 5.90. The highest BCUT2D eigenvalue weighted by molar-refractivity contribution is 7.92. The Kier molecular flexibility index (Phi) is 6.75. The zero-order valence-corrected chi connectivity index (χ0v) is 16.7. The number of piperidine rings is 1. The Labute approximate surface area is 155 Å². The van der Waals surface area contributed by atoms with Crippen LogP contribution in [0.2, 0.25) is 0 Å². The van der Waals surface area contributed by atoms with E-state index < -0.39 is 10.0 Å². The molecule has 7 nitrogen and oxygen atoms in total. The van der Waals surface area contributed by atoms with Gasteiger partial charge in [0.1, 0.15) is 11.5 Å². The van der Waals surface area contributed by atoms with Crippen molar-refractivity contribution in [2.24, 2.45) is 5.92 Å². The van der Waals surface area contributed by atoms with Crippen LogP contribution in [0, 0.1) is 5.92 Å². The first kappa shape index (κ1) is 20.4. The number of carbonyl (C=O) groups excluding carboxylic acids is 1. The summed E-state index contributed by atoms with van der Waals surface area (Å²) in [4.78, 5) is 14.3. The lowest BCUT2D eigenvalue weighted by molar-refractivity contribution is -0.132. The molecular formula is C18H28N2O5S. The van der Waals surface area contributed by atoms with Crippen LogP contribution < -0.4 is 13.8 Å². The van der Waals surface area contributed by atoms with Gasteiger partial charge >= 0.3 is 0 Å². The third-order valence-electron chi connectivity index (χ3n) is 4.72. The minimum absolute atomic E-state index is 0.0157. The second-order valence-electron chi connectivity index (χ2n) is 6.69. The summed E-state index contributed by atoms with van der Waals surface area (Å²) in [6.07, 6.45) is 3.25. The molecule has 0 atom stereocenters. The number of rotatable bonds is 7. The molecule has 1 aromatic rings. The van der Waals surface area contributed by atoms with Crippen LogP contribution in [0.4, 0.5) is 5.69 Å². The van der Waals surface area contributed by atoms with Gasteiger partial charge in [-0.15, -0.1) is 0 Å². The van der Waals surface area contributed by atoms with E-state index in [2.05, 4.69) is 6.92 Å². The number of hydrogen-bond acceptors (Lipinski definition) is 5. The van der Waals surface area contributed by atoms with E-state index in [1.165, 1.54) is 18.5 Å². The predicted octanol–water partition coefficient (Wildman–Crippen LogP) is 2.12. The second-order valence-corrected chi connectivity index (χ2v) is 8.59. The molecule has 0 spiro atoms. The molecule has 1 saturated heterocycles. The van der Waals surface area contributed by atoms with Crippen molar-refractivity contribution in [1.82, 2.24) is 4.90 Å². The van der Waals surface area contributed by atoms with Crippen LogP contribution in [0.5, 0.6) is 11.5 Å². The van der Waals surface area contributed by atoms with E-state index in [0.29, 0.717) is 23.1 Å². The standard InChI is InChI=1S/C18H28N2O5S/c1-14-7-10-19(11-8-14)18(21)9-12-20(26(4,22)23)16-6-5-15(24-2)13-17(16)25-3/h5-6,13-14H,7-12H2,1-4H3. The fourth-order valence-electron chi connectivity index (χ4n) is 3.07. The van der Waals surface area contributed by atoms with Gasteiger partial charge < -0.3 is 14.4 Å². The maximum atomic E-state index is 12.5. The van der Waals surface area contributed by atoms with Crippen molar-refractivity contribution in [2.75, 3.05) is 44.4 Å². The number of methoxy groups -OCH3 is 2. The molecule has 0 N–H and O–H groups in total. The number of hydrogen-bond donors (Lipinski definition) is 0. The Hall–Kier alpha value is -1.96. The van der Waals surface area contributed by atoms with Gasteiger partial charge in [-0.2, -0.15) is 0 Å². The van der Waals surface area contributed by atoms with Crippen LogP contribution in [-0.2, 0) is 14.8 Å². The van der Waals surface area contributed by atoms with Crippen LogP contribution in [0.15, 0.2) is 18.2 Å². The van der Waals surface area contributed by atoms with Gasteiger partial charge in [0.25, 0.3) is 0 Å². The maximum absolute atomic E-state index is 12.5. The summed E-state index contributed by atoms with van der Waals surface area (Å²) in [5.41, 5.74) is 0.399. The summed E-state index contributed by atoms with van der Waals surface area (Å²) in [6, 6.07) is 4.93. The first-order valence-electron chi connectivity index (χ1n) is 8.73. The van der Waals surface area contributed by atoms with Crippen molar-refractivity contribution in [3.05, 3.63) is 18.2 Å². The monoisotopic (exact) mass is 384 g/mol. The quantitative estimate of drug-likeness (QED) is 0.720. The van der Waals surface area contributed by atoms with Crippen LogP contribution in [0.3, 0.4) is 0 Å². The van der Waals surface area contributed by atoms with Crippen LogP contribution in [-0.4, -0.2) is 59.3 Å². The van der Waals surface area contributed by atoms with Crippen LogP contribution >= 0.6 is 0 Å². The van der Waals surface area contributed by atoms with Gasteiger partial charge in [0.05, 0.1) is 26.2 Å². The van der Waals surface area contributed by atoms with Gasteiger partial charge in [0.2, 0.25) is 15.9 Å². The fourth-order valence-corrected chi connectivity index (χ4v) is 4.00. The Morgan fingerprint density at radius 2 is 1.88 bits per heavy atom. The fraction of sp³-hybridized carbons (Fsp3) is 0.611. The number of sulfonamides is 1. The highest BCUT2D eigenvalue weighted by atomic mass is 32.2. The molecule has 0 aliphatic carbocycles. The average Bonchev–Trinajstić information content (AvgIpc) is 2.61. The molecule has 0 bridgehead atoms. The second kappa shape index (κ2) is 8.62. The summed E-state index contributed by atoms with van der Waals surface area (Å²) in [5.74, 6) is 1.57. The zero-order valence-electron chi connectivity index (χ0n) is 15.9. The number of carbonyl (C=O) groups is 1. The Balaban J connectivity index is 2.15. The average molecular weight is 384 g/mol. The Morgan fingerprint density at radius 1 is 1.23 bits per heavy atom. The van der Waals surface area contributed by atoms with E-state index in [9.17, 15) is 13.2 Å². The summed E-state index contributed by atoms with van der Waals surface area (Å²) in [5, 5.41) is 0. The molecule has 2 rings (SSSR count). The van der Waals surface area contributed by atoms with Gasteiger partial charge in [-0.1, -0.05) is 6.92 Å². The number of ether oxygens (including phenoxy) is 2. The number of likely N-dealkylation sites (tertiary alicyclic amines) is 1. The summed E-state index contributed by atoms with van der Waals surface area (Å²) >= 11 is 0. The molecule has 1 amide bonds. The first-order chi connectivity index (χ1) is 12.3. The van der Waals surface area contributed by atoms with Crippen molar-refractivity contribution in [1.29, 1.82) is 0 Å². The van der Waals surface area contributed by atoms with Crippen molar-refractivity contribution in [3.8, 4) is 11.5 Å². The first-order valence-corrected chi connectivity index (χ1v) is 10.6. The Morgan fingerprint density at radius 3 is 2.42 bits per heavy atom. The number of nitrogens with zero attached hydrogens (tertiary/aromatic N) is 2. The van der Waals surface area contributed by atoms with Gasteiger partial charge in [0, 0.05) is 32.1 Å². The molecule has 146 valence electrons. The molecule has 8 heteroatoms. The smallest absolute Gasteiger partial charge is 0.232 e. The molecule has 1 fully saturated rings. The van der Waals surface area contributed by atoms with Crippen molar-refractivity contribution >= 4 is 21.6 Å².